The van der Waals surface area contributed by atoms with Gasteiger partial charge in [0.2, 0.25) is 0 Å². The molecule has 0 aliphatic heterocycles. The molecular weight excluding hydrogens is 759 g/mol. The van der Waals surface area contributed by atoms with E-state index in [0.29, 0.717) is 0 Å². The molecule has 0 unspecified atom stereocenters. The van der Waals surface area contributed by atoms with Crippen molar-refractivity contribution in [2.24, 2.45) is 0 Å². The Bertz CT molecular complexity index is 3340. The van der Waals surface area contributed by atoms with Crippen LogP contribution in [0, 0.1) is 0 Å². The average molecular weight is 802 g/mol. The smallest absolute Gasteiger partial charge is 0.0540 e. The summed E-state index contributed by atoms with van der Waals surface area (Å²) in [4.78, 5) is 2.44. The predicted octanol–water partition coefficient (Wildman–Crippen LogP) is 17.5. The number of rotatable bonds is 9. The molecule has 1 heteroatoms. The second kappa shape index (κ2) is 16.7. The van der Waals surface area contributed by atoms with E-state index < -0.39 is 0 Å². The van der Waals surface area contributed by atoms with E-state index in [-0.39, 0.29) is 0 Å². The number of benzene rings is 11. The summed E-state index contributed by atoms with van der Waals surface area (Å²) in [7, 11) is 0. The molecule has 0 fully saturated rings. The first kappa shape index (κ1) is 37.7. The topological polar surface area (TPSA) is 3.24 Å². The molecule has 1 nitrogen and oxygen atoms in total. The quantitative estimate of drug-likeness (QED) is 0.131. The first-order valence-corrected chi connectivity index (χ1v) is 21.7. The fraction of sp³-hybridized carbons (Fsp3) is 0. The summed E-state index contributed by atoms with van der Waals surface area (Å²) in [6.07, 6.45) is 0. The normalized spacial score (nSPS) is 11.2. The van der Waals surface area contributed by atoms with E-state index in [1.807, 2.05) is 0 Å². The second-order valence-electron chi connectivity index (χ2n) is 16.0. The van der Waals surface area contributed by atoms with Gasteiger partial charge in [-0.2, -0.15) is 0 Å². The van der Waals surface area contributed by atoms with Crippen LogP contribution >= 0.6 is 0 Å². The lowest BCUT2D eigenvalue weighted by molar-refractivity contribution is 1.28. The van der Waals surface area contributed by atoms with Crippen LogP contribution in [0.5, 0.6) is 0 Å². The van der Waals surface area contributed by atoms with Crippen molar-refractivity contribution in [3.8, 4) is 66.8 Å². The number of hydrogen-bond donors (Lipinski definition) is 0. The molecule has 0 N–H and O–H groups in total. The summed E-state index contributed by atoms with van der Waals surface area (Å²) in [5, 5.41) is 4.97. The Morgan fingerprint density at radius 3 is 1.10 bits per heavy atom. The third-order valence-corrected chi connectivity index (χ3v) is 12.3. The molecule has 0 saturated heterocycles. The van der Waals surface area contributed by atoms with E-state index in [1.54, 1.807) is 0 Å². The molecule has 0 radical (unpaired) electrons. The summed E-state index contributed by atoms with van der Waals surface area (Å²) >= 11 is 0. The molecule has 0 bridgehead atoms. The standard InChI is InChI=1S/C62H43N/c1-5-19-44(20-6-1)45-33-35-46(36-34-45)47-37-40-52(41-38-47)63(59-31-17-15-27-53(59)48-21-7-2-8-22-48)60-32-18-16-28-54(60)51-39-42-56-55-29-13-14-30-57(55)61(49-23-9-3-10-24-49)62(58(56)43-51)50-25-11-4-12-26-50/h1-43H. The number of para-hydroxylation sites is 2. The highest BCUT2D eigenvalue weighted by Crippen LogP contribution is 2.48. The van der Waals surface area contributed by atoms with Crippen molar-refractivity contribution in [2.45, 2.75) is 0 Å². The van der Waals surface area contributed by atoms with Gasteiger partial charge < -0.3 is 4.90 Å². The molecule has 0 aliphatic rings. The minimum absolute atomic E-state index is 1.08. The first-order chi connectivity index (χ1) is 31.3. The Labute approximate surface area is 369 Å². The zero-order valence-corrected chi connectivity index (χ0v) is 34.8. The summed E-state index contributed by atoms with van der Waals surface area (Å²) < 4.78 is 0. The van der Waals surface area contributed by atoms with Gasteiger partial charge in [-0.1, -0.05) is 231 Å². The summed E-state index contributed by atoms with van der Waals surface area (Å²) in [5.41, 5.74) is 17.6. The Morgan fingerprint density at radius 1 is 0.206 bits per heavy atom. The zero-order valence-electron chi connectivity index (χ0n) is 34.8. The van der Waals surface area contributed by atoms with Gasteiger partial charge in [-0.25, -0.2) is 0 Å². The Hall–Kier alpha value is -8.26. The van der Waals surface area contributed by atoms with E-state index in [0.717, 1.165) is 33.8 Å². The largest absolute Gasteiger partial charge is 0.309 e. The molecular formula is C62H43N. The molecule has 0 aliphatic carbocycles. The van der Waals surface area contributed by atoms with E-state index >= 15 is 0 Å². The minimum Gasteiger partial charge on any atom is -0.309 e. The van der Waals surface area contributed by atoms with Crippen molar-refractivity contribution in [2.75, 3.05) is 4.90 Å². The van der Waals surface area contributed by atoms with Gasteiger partial charge in [0.05, 0.1) is 11.4 Å². The SMILES string of the molecule is c1ccc(-c2ccc(-c3ccc(N(c4ccccc4-c4ccccc4)c4ccccc4-c4ccc5c(c4)c(-c4ccccc4)c(-c4ccccc4)c4ccccc45)cc3)cc2)cc1. The van der Waals surface area contributed by atoms with E-state index in [4.69, 9.17) is 0 Å². The van der Waals surface area contributed by atoms with Crippen LogP contribution in [0.25, 0.3) is 88.3 Å². The van der Waals surface area contributed by atoms with E-state index in [1.165, 1.54) is 71.6 Å². The van der Waals surface area contributed by atoms with Crippen LogP contribution in [0.1, 0.15) is 0 Å². The van der Waals surface area contributed by atoms with Crippen LogP contribution in [-0.4, -0.2) is 0 Å². The Balaban J connectivity index is 1.11. The lowest BCUT2D eigenvalue weighted by Crippen LogP contribution is -2.12. The van der Waals surface area contributed by atoms with Crippen LogP contribution in [0.4, 0.5) is 17.1 Å². The number of anilines is 3. The van der Waals surface area contributed by atoms with Crippen LogP contribution < -0.4 is 4.90 Å². The molecule has 0 spiro atoms. The number of nitrogens with zero attached hydrogens (tertiary/aromatic N) is 1. The van der Waals surface area contributed by atoms with Crippen LogP contribution in [0.2, 0.25) is 0 Å². The van der Waals surface area contributed by atoms with E-state index in [9.17, 15) is 0 Å². The maximum atomic E-state index is 2.44. The first-order valence-electron chi connectivity index (χ1n) is 21.7. The van der Waals surface area contributed by atoms with Crippen molar-refractivity contribution in [3.05, 3.63) is 261 Å². The van der Waals surface area contributed by atoms with Gasteiger partial charge in [-0.05, 0) is 108 Å². The van der Waals surface area contributed by atoms with Crippen LogP contribution in [0.15, 0.2) is 261 Å². The van der Waals surface area contributed by atoms with Gasteiger partial charge in [0.15, 0.2) is 0 Å². The van der Waals surface area contributed by atoms with Crippen molar-refractivity contribution >= 4 is 38.6 Å². The second-order valence-corrected chi connectivity index (χ2v) is 16.0. The summed E-state index contributed by atoms with van der Waals surface area (Å²) in [5.74, 6) is 0. The van der Waals surface area contributed by atoms with Gasteiger partial charge in [-0.15, -0.1) is 0 Å². The lowest BCUT2D eigenvalue weighted by atomic mass is 9.84. The molecule has 0 atom stereocenters. The predicted molar refractivity (Wildman–Crippen MR) is 269 cm³/mol. The molecule has 0 heterocycles. The number of fused-ring (bicyclic) bond motifs is 3. The molecule has 0 amide bonds. The van der Waals surface area contributed by atoms with Crippen molar-refractivity contribution < 1.29 is 0 Å². The molecule has 296 valence electrons. The van der Waals surface area contributed by atoms with Crippen LogP contribution in [-0.2, 0) is 0 Å². The Kier molecular flexibility index (Phi) is 9.97. The monoisotopic (exact) mass is 801 g/mol. The van der Waals surface area contributed by atoms with E-state index in [2.05, 4.69) is 266 Å². The maximum Gasteiger partial charge on any atom is 0.0540 e. The third-order valence-electron chi connectivity index (χ3n) is 12.3. The molecule has 0 aromatic heterocycles. The molecule has 11 rings (SSSR count). The number of hydrogen-bond acceptors (Lipinski definition) is 1. The van der Waals surface area contributed by atoms with Gasteiger partial charge >= 0.3 is 0 Å². The van der Waals surface area contributed by atoms with Gasteiger partial charge in [0.1, 0.15) is 0 Å². The highest BCUT2D eigenvalue weighted by molar-refractivity contribution is 6.22. The van der Waals surface area contributed by atoms with Gasteiger partial charge in [0.25, 0.3) is 0 Å². The summed E-state index contributed by atoms with van der Waals surface area (Å²) in [6.45, 7) is 0. The minimum atomic E-state index is 1.08. The maximum absolute atomic E-state index is 2.44. The fourth-order valence-corrected chi connectivity index (χ4v) is 9.31. The Morgan fingerprint density at radius 2 is 0.556 bits per heavy atom. The highest BCUT2D eigenvalue weighted by Gasteiger charge is 2.22. The van der Waals surface area contributed by atoms with Crippen molar-refractivity contribution in [1.82, 2.24) is 0 Å². The van der Waals surface area contributed by atoms with Crippen molar-refractivity contribution in [1.29, 1.82) is 0 Å². The third kappa shape index (κ3) is 7.16. The van der Waals surface area contributed by atoms with Crippen LogP contribution in [0.3, 0.4) is 0 Å². The molecule has 0 saturated carbocycles. The fourth-order valence-electron chi connectivity index (χ4n) is 9.31. The summed E-state index contributed by atoms with van der Waals surface area (Å²) in [6, 6.07) is 94.6. The van der Waals surface area contributed by atoms with Gasteiger partial charge in [-0.3, -0.25) is 0 Å². The molecule has 11 aromatic carbocycles. The van der Waals surface area contributed by atoms with Crippen molar-refractivity contribution in [3.63, 3.8) is 0 Å². The zero-order chi connectivity index (χ0) is 42.0. The molecule has 11 aromatic rings. The van der Waals surface area contributed by atoms with Gasteiger partial charge in [0, 0.05) is 16.8 Å². The lowest BCUT2D eigenvalue weighted by Gasteiger charge is -2.30. The molecule has 63 heavy (non-hydrogen) atoms. The highest BCUT2D eigenvalue weighted by atomic mass is 15.1. The average Bonchev–Trinajstić information content (AvgIpc) is 3.37.